The predicted octanol–water partition coefficient (Wildman–Crippen LogP) is 1.66. The summed E-state index contributed by atoms with van der Waals surface area (Å²) < 4.78 is 5.22. The van der Waals surface area contributed by atoms with E-state index in [4.69, 9.17) is 5.11 Å². The number of carbonyl (C=O) groups excluding carboxylic acids is 1. The smallest absolute Gasteiger partial charge is 0.356 e. The molecule has 8 nitrogen and oxygen atoms in total. The number of hydrogen-bond acceptors (Lipinski definition) is 6. The van der Waals surface area contributed by atoms with Crippen molar-refractivity contribution in [2.75, 3.05) is 0 Å². The topological polar surface area (TPSA) is 110 Å². The van der Waals surface area contributed by atoms with E-state index in [2.05, 4.69) is 20.0 Å². The first-order chi connectivity index (χ1) is 11.5. The van der Waals surface area contributed by atoms with Crippen LogP contribution in [0, 0.1) is 6.92 Å². The fourth-order valence-corrected chi connectivity index (χ4v) is 2.67. The Balaban J connectivity index is 1.72. The molecule has 0 atom stereocenters. The van der Waals surface area contributed by atoms with Crippen LogP contribution in [0.5, 0.6) is 0 Å². The van der Waals surface area contributed by atoms with Crippen molar-refractivity contribution in [1.82, 2.24) is 24.7 Å². The molecule has 9 heteroatoms. The molecule has 3 aromatic rings. The van der Waals surface area contributed by atoms with E-state index >= 15 is 0 Å². The van der Waals surface area contributed by atoms with Gasteiger partial charge in [0.1, 0.15) is 4.88 Å². The number of hydrogen-bond donors (Lipinski definition) is 2. The SMILES string of the molecule is Cc1nnsc1C(=O)NCc1cccc(-n2ccc(C(=O)O)n2)c1. The average molecular weight is 343 g/mol. The van der Waals surface area contributed by atoms with Gasteiger partial charge in [0.15, 0.2) is 5.69 Å². The average Bonchev–Trinajstić information content (AvgIpc) is 3.22. The monoisotopic (exact) mass is 343 g/mol. The number of nitrogens with one attached hydrogen (secondary N) is 1. The van der Waals surface area contributed by atoms with Gasteiger partial charge in [-0.15, -0.1) is 5.10 Å². The lowest BCUT2D eigenvalue weighted by molar-refractivity contribution is 0.0689. The maximum absolute atomic E-state index is 12.1. The Kier molecular flexibility index (Phi) is 4.34. The van der Waals surface area contributed by atoms with Gasteiger partial charge in [-0.3, -0.25) is 4.79 Å². The van der Waals surface area contributed by atoms with Crippen molar-refractivity contribution in [2.45, 2.75) is 13.5 Å². The number of aromatic carboxylic acids is 1. The molecular formula is C15H13N5O3S. The number of carbonyl (C=O) groups is 2. The number of aromatic nitrogens is 4. The molecule has 1 amide bonds. The first-order valence-corrected chi connectivity index (χ1v) is 7.77. The van der Waals surface area contributed by atoms with Crippen LogP contribution in [0.3, 0.4) is 0 Å². The van der Waals surface area contributed by atoms with E-state index in [1.165, 1.54) is 10.7 Å². The van der Waals surface area contributed by atoms with Crippen molar-refractivity contribution >= 4 is 23.4 Å². The van der Waals surface area contributed by atoms with Crippen LogP contribution in [0.15, 0.2) is 36.5 Å². The van der Waals surface area contributed by atoms with Crippen molar-refractivity contribution in [3.05, 3.63) is 58.4 Å². The Morgan fingerprint density at radius 2 is 2.17 bits per heavy atom. The van der Waals surface area contributed by atoms with Crippen LogP contribution in [-0.2, 0) is 6.54 Å². The Labute approximate surface area is 140 Å². The summed E-state index contributed by atoms with van der Waals surface area (Å²) in [6, 6.07) is 8.75. The third kappa shape index (κ3) is 3.30. The van der Waals surface area contributed by atoms with Crippen molar-refractivity contribution in [2.24, 2.45) is 0 Å². The fraction of sp³-hybridized carbons (Fsp3) is 0.133. The van der Waals surface area contributed by atoms with Crippen molar-refractivity contribution in [3.8, 4) is 5.69 Å². The molecule has 2 heterocycles. The highest BCUT2D eigenvalue weighted by Gasteiger charge is 2.13. The first kappa shape index (κ1) is 15.8. The molecule has 0 radical (unpaired) electrons. The maximum atomic E-state index is 12.1. The van der Waals surface area contributed by atoms with Gasteiger partial charge in [0.25, 0.3) is 5.91 Å². The zero-order valence-corrected chi connectivity index (χ0v) is 13.4. The van der Waals surface area contributed by atoms with E-state index < -0.39 is 5.97 Å². The van der Waals surface area contributed by atoms with Crippen LogP contribution in [-0.4, -0.2) is 36.4 Å². The lowest BCUT2D eigenvalue weighted by Gasteiger charge is -2.07. The fourth-order valence-electron chi connectivity index (χ4n) is 2.09. The number of carboxylic acid groups (broad SMARTS) is 1. The molecule has 0 aliphatic rings. The molecule has 1 aromatic carbocycles. The Hall–Kier alpha value is -3.07. The van der Waals surface area contributed by atoms with Gasteiger partial charge >= 0.3 is 5.97 Å². The first-order valence-electron chi connectivity index (χ1n) is 7.00. The molecule has 0 fully saturated rings. The molecule has 0 spiro atoms. The minimum absolute atomic E-state index is 0.0260. The molecule has 24 heavy (non-hydrogen) atoms. The van der Waals surface area contributed by atoms with Gasteiger partial charge < -0.3 is 10.4 Å². The number of rotatable bonds is 5. The highest BCUT2D eigenvalue weighted by Crippen LogP contribution is 2.12. The van der Waals surface area contributed by atoms with Crippen LogP contribution in [0.1, 0.15) is 31.4 Å². The molecule has 3 rings (SSSR count). The van der Waals surface area contributed by atoms with E-state index in [-0.39, 0.29) is 11.6 Å². The van der Waals surface area contributed by atoms with E-state index in [9.17, 15) is 9.59 Å². The van der Waals surface area contributed by atoms with Crippen molar-refractivity contribution in [3.63, 3.8) is 0 Å². The largest absolute Gasteiger partial charge is 0.476 e. The summed E-state index contributed by atoms with van der Waals surface area (Å²) in [7, 11) is 0. The summed E-state index contributed by atoms with van der Waals surface area (Å²) in [5.41, 5.74) is 2.15. The number of nitrogens with zero attached hydrogens (tertiary/aromatic N) is 4. The van der Waals surface area contributed by atoms with Gasteiger partial charge in [0.2, 0.25) is 0 Å². The highest BCUT2D eigenvalue weighted by molar-refractivity contribution is 7.07. The summed E-state index contributed by atoms with van der Waals surface area (Å²) in [5, 5.41) is 19.5. The third-order valence-corrected chi connectivity index (χ3v) is 4.12. The van der Waals surface area contributed by atoms with E-state index in [0.29, 0.717) is 22.8 Å². The van der Waals surface area contributed by atoms with Crippen molar-refractivity contribution in [1.29, 1.82) is 0 Å². The van der Waals surface area contributed by atoms with Gasteiger partial charge in [0, 0.05) is 12.7 Å². The minimum atomic E-state index is -1.08. The van der Waals surface area contributed by atoms with Gasteiger partial charge in [-0.25, -0.2) is 9.48 Å². The van der Waals surface area contributed by atoms with Gasteiger partial charge in [-0.1, -0.05) is 16.6 Å². The number of carboxylic acids is 1. The van der Waals surface area contributed by atoms with E-state index in [0.717, 1.165) is 17.1 Å². The van der Waals surface area contributed by atoms with Crippen molar-refractivity contribution < 1.29 is 14.7 Å². The Morgan fingerprint density at radius 3 is 2.83 bits per heavy atom. The minimum Gasteiger partial charge on any atom is -0.476 e. The van der Waals surface area contributed by atoms with Crippen LogP contribution in [0.25, 0.3) is 5.69 Å². The second-order valence-corrected chi connectivity index (χ2v) is 5.74. The highest BCUT2D eigenvalue weighted by atomic mass is 32.1. The molecule has 0 bridgehead atoms. The van der Waals surface area contributed by atoms with Gasteiger partial charge in [-0.05, 0) is 42.2 Å². The standard InChI is InChI=1S/C15H13N5O3S/c1-9-13(24-19-17-9)14(21)16-8-10-3-2-4-11(7-10)20-6-5-12(18-20)15(22)23/h2-7H,8H2,1H3,(H,16,21)(H,22,23). The molecule has 0 unspecified atom stereocenters. The van der Waals surface area contributed by atoms with Crippen LogP contribution in [0.4, 0.5) is 0 Å². The zero-order valence-electron chi connectivity index (χ0n) is 12.6. The zero-order chi connectivity index (χ0) is 17.1. The Bertz CT molecular complexity index is 902. The van der Waals surface area contributed by atoms with Gasteiger partial charge in [-0.2, -0.15) is 5.10 Å². The Morgan fingerprint density at radius 1 is 1.33 bits per heavy atom. The lowest BCUT2D eigenvalue weighted by Crippen LogP contribution is -2.22. The summed E-state index contributed by atoms with van der Waals surface area (Å²) in [6.45, 7) is 2.06. The molecule has 2 N–H and O–H groups in total. The molecule has 0 aliphatic heterocycles. The number of aryl methyl sites for hydroxylation is 1. The second-order valence-electron chi connectivity index (χ2n) is 4.99. The van der Waals surface area contributed by atoms with Crippen LogP contribution < -0.4 is 5.32 Å². The third-order valence-electron chi connectivity index (χ3n) is 3.29. The summed E-state index contributed by atoms with van der Waals surface area (Å²) in [4.78, 5) is 23.5. The number of benzene rings is 1. The second kappa shape index (κ2) is 6.59. The molecule has 0 saturated carbocycles. The number of amides is 1. The molecule has 0 aliphatic carbocycles. The summed E-state index contributed by atoms with van der Waals surface area (Å²) in [6.07, 6.45) is 1.58. The predicted molar refractivity (Wildman–Crippen MR) is 86.3 cm³/mol. The van der Waals surface area contributed by atoms with Crippen LogP contribution in [0.2, 0.25) is 0 Å². The van der Waals surface area contributed by atoms with Gasteiger partial charge in [0.05, 0.1) is 11.4 Å². The maximum Gasteiger partial charge on any atom is 0.356 e. The quantitative estimate of drug-likeness (QED) is 0.729. The molecule has 2 aromatic heterocycles. The van der Waals surface area contributed by atoms with E-state index in [1.54, 1.807) is 19.2 Å². The normalized spacial score (nSPS) is 10.5. The molecule has 0 saturated heterocycles. The van der Waals surface area contributed by atoms with Crippen LogP contribution >= 0.6 is 11.5 Å². The van der Waals surface area contributed by atoms with E-state index in [1.807, 2.05) is 18.2 Å². The molecular weight excluding hydrogens is 330 g/mol. The lowest BCUT2D eigenvalue weighted by atomic mass is 10.2. The molecule has 122 valence electrons. The summed E-state index contributed by atoms with van der Waals surface area (Å²) >= 11 is 1.06. The summed E-state index contributed by atoms with van der Waals surface area (Å²) in [5.74, 6) is -1.30.